The van der Waals surface area contributed by atoms with Crippen molar-refractivity contribution in [2.75, 3.05) is 0 Å². The third-order valence-electron chi connectivity index (χ3n) is 8.52. The number of carbonyl (C=O) groups excluding carboxylic acids is 1. The Kier molecular flexibility index (Phi) is 3.71. The fourth-order valence-corrected chi connectivity index (χ4v) is 6.91. The normalized spacial score (nSPS) is 47.7. The van der Waals surface area contributed by atoms with E-state index in [2.05, 4.69) is 45.9 Å². The molecular formula is C23H32O. The van der Waals surface area contributed by atoms with Crippen LogP contribution in [0.15, 0.2) is 36.0 Å². The maximum atomic E-state index is 11.8. The summed E-state index contributed by atoms with van der Waals surface area (Å²) in [6, 6.07) is 0. The van der Waals surface area contributed by atoms with E-state index in [1.165, 1.54) is 37.7 Å². The first kappa shape index (κ1) is 16.4. The Labute approximate surface area is 147 Å². The number of rotatable bonds is 2. The highest BCUT2D eigenvalue weighted by Gasteiger charge is 2.57. The van der Waals surface area contributed by atoms with Gasteiger partial charge in [0.1, 0.15) is 0 Å². The number of hydrogen-bond acceptors (Lipinski definition) is 1. The molecule has 4 rings (SSSR count). The molecule has 0 spiro atoms. The van der Waals surface area contributed by atoms with E-state index in [0.29, 0.717) is 17.3 Å². The zero-order valence-corrected chi connectivity index (χ0v) is 15.7. The summed E-state index contributed by atoms with van der Waals surface area (Å²) in [5.74, 6) is 4.10. The largest absolute Gasteiger partial charge is 0.290 e. The van der Waals surface area contributed by atoms with Crippen LogP contribution >= 0.6 is 0 Å². The van der Waals surface area contributed by atoms with Gasteiger partial charge in [-0.3, -0.25) is 4.79 Å². The van der Waals surface area contributed by atoms with Crippen LogP contribution in [-0.4, -0.2) is 5.78 Å². The number of carbonyl (C=O) groups is 1. The minimum absolute atomic E-state index is 0.0725. The fraction of sp³-hybridized carbons (Fsp3) is 0.696. The average molecular weight is 325 g/mol. The Morgan fingerprint density at radius 2 is 1.96 bits per heavy atom. The molecule has 130 valence electrons. The molecule has 4 aliphatic rings. The maximum Gasteiger partial charge on any atom is 0.178 e. The van der Waals surface area contributed by atoms with Gasteiger partial charge in [-0.25, -0.2) is 0 Å². The predicted octanol–water partition coefficient (Wildman–Crippen LogP) is 5.73. The van der Waals surface area contributed by atoms with Crippen molar-refractivity contribution in [3.63, 3.8) is 0 Å². The first-order valence-corrected chi connectivity index (χ1v) is 10.0. The van der Waals surface area contributed by atoms with E-state index >= 15 is 0 Å². The zero-order chi connectivity index (χ0) is 17.1. The second kappa shape index (κ2) is 5.44. The van der Waals surface area contributed by atoms with E-state index in [1.54, 1.807) is 0 Å². The molecule has 0 aliphatic heterocycles. The summed E-state index contributed by atoms with van der Waals surface area (Å²) >= 11 is 0. The van der Waals surface area contributed by atoms with Crippen LogP contribution in [0.5, 0.6) is 0 Å². The highest BCUT2D eigenvalue weighted by molar-refractivity contribution is 6.01. The van der Waals surface area contributed by atoms with E-state index in [-0.39, 0.29) is 11.2 Å². The molecule has 0 saturated heterocycles. The van der Waals surface area contributed by atoms with E-state index in [1.807, 2.05) is 12.2 Å². The SMILES string of the molecule is CC[C@H](C)[C@H]1CC[C@H]2[C@@H]3C=CC4=CC(=O)C=C[C@]4(C)[C@H]3CC[C@]12C. The van der Waals surface area contributed by atoms with Crippen LogP contribution in [0.3, 0.4) is 0 Å². The van der Waals surface area contributed by atoms with Gasteiger partial charge in [0.2, 0.25) is 0 Å². The molecule has 2 fully saturated rings. The van der Waals surface area contributed by atoms with Crippen LogP contribution in [-0.2, 0) is 4.79 Å². The highest BCUT2D eigenvalue weighted by atomic mass is 16.1. The standard InChI is InChI=1S/C23H32O/c1-5-15(2)19-8-9-20-18-7-6-16-14-17(24)10-12-22(16,3)21(18)11-13-23(19,20)4/h6-7,10,12,14-15,18-21H,5,8-9,11,13H2,1-4H3/t15-,18-,19+,20-,21-,22-,23+/m0/s1. The fourth-order valence-electron chi connectivity index (χ4n) is 6.91. The molecule has 7 atom stereocenters. The summed E-state index contributed by atoms with van der Waals surface area (Å²) in [4.78, 5) is 11.8. The van der Waals surface area contributed by atoms with Gasteiger partial charge in [-0.2, -0.15) is 0 Å². The van der Waals surface area contributed by atoms with Crippen LogP contribution in [0.2, 0.25) is 0 Å². The monoisotopic (exact) mass is 324 g/mol. The molecule has 0 bridgehead atoms. The van der Waals surface area contributed by atoms with E-state index in [4.69, 9.17) is 0 Å². The third kappa shape index (κ3) is 2.09. The summed E-state index contributed by atoms with van der Waals surface area (Å²) in [6.07, 6.45) is 17.5. The number of fused-ring (bicyclic) bond motifs is 5. The van der Waals surface area contributed by atoms with Gasteiger partial charge in [0.25, 0.3) is 0 Å². The smallest absolute Gasteiger partial charge is 0.178 e. The Morgan fingerprint density at radius 1 is 1.17 bits per heavy atom. The summed E-state index contributed by atoms with van der Waals surface area (Å²) in [6.45, 7) is 9.79. The predicted molar refractivity (Wildman–Crippen MR) is 99.5 cm³/mol. The molecule has 0 aromatic rings. The van der Waals surface area contributed by atoms with Gasteiger partial charge in [0, 0.05) is 5.41 Å². The molecule has 4 aliphatic carbocycles. The molecule has 1 heteroatoms. The van der Waals surface area contributed by atoms with Gasteiger partial charge < -0.3 is 0 Å². The van der Waals surface area contributed by atoms with Crippen LogP contribution < -0.4 is 0 Å². The molecule has 0 aromatic carbocycles. The van der Waals surface area contributed by atoms with Gasteiger partial charge in [-0.05, 0) is 78.4 Å². The van der Waals surface area contributed by atoms with E-state index < -0.39 is 0 Å². The lowest BCUT2D eigenvalue weighted by Crippen LogP contribution is -2.48. The van der Waals surface area contributed by atoms with Crippen molar-refractivity contribution in [3.05, 3.63) is 36.0 Å². The third-order valence-corrected chi connectivity index (χ3v) is 8.52. The lowest BCUT2D eigenvalue weighted by Gasteiger charge is -2.55. The first-order chi connectivity index (χ1) is 11.4. The van der Waals surface area contributed by atoms with Crippen molar-refractivity contribution < 1.29 is 4.79 Å². The van der Waals surface area contributed by atoms with Crippen molar-refractivity contribution in [2.45, 2.75) is 59.8 Å². The minimum Gasteiger partial charge on any atom is -0.290 e. The maximum absolute atomic E-state index is 11.8. The molecular weight excluding hydrogens is 292 g/mol. The van der Waals surface area contributed by atoms with Crippen molar-refractivity contribution in [2.24, 2.45) is 40.4 Å². The Morgan fingerprint density at radius 3 is 2.71 bits per heavy atom. The Bertz CT molecular complexity index is 638. The molecule has 0 radical (unpaired) electrons. The lowest BCUT2D eigenvalue weighted by molar-refractivity contribution is -0.110. The molecule has 1 nitrogen and oxygen atoms in total. The minimum atomic E-state index is 0.0725. The molecule has 0 aromatic heterocycles. The van der Waals surface area contributed by atoms with Gasteiger partial charge in [0.05, 0.1) is 0 Å². The summed E-state index contributed by atoms with van der Waals surface area (Å²) in [7, 11) is 0. The zero-order valence-electron chi connectivity index (χ0n) is 15.7. The van der Waals surface area contributed by atoms with Crippen LogP contribution in [0.25, 0.3) is 0 Å². The van der Waals surface area contributed by atoms with Gasteiger partial charge in [-0.1, -0.05) is 52.3 Å². The van der Waals surface area contributed by atoms with Gasteiger partial charge in [-0.15, -0.1) is 0 Å². The second-order valence-electron chi connectivity index (χ2n) is 9.38. The van der Waals surface area contributed by atoms with Crippen LogP contribution in [0.1, 0.15) is 59.8 Å². The highest BCUT2D eigenvalue weighted by Crippen LogP contribution is 2.65. The molecule has 0 unspecified atom stereocenters. The van der Waals surface area contributed by atoms with E-state index in [0.717, 1.165) is 17.8 Å². The van der Waals surface area contributed by atoms with Crippen LogP contribution in [0, 0.1) is 40.4 Å². The molecule has 0 heterocycles. The molecule has 0 N–H and O–H groups in total. The van der Waals surface area contributed by atoms with Crippen molar-refractivity contribution >= 4 is 5.78 Å². The Balaban J connectivity index is 1.70. The van der Waals surface area contributed by atoms with Gasteiger partial charge in [0.15, 0.2) is 5.78 Å². The van der Waals surface area contributed by atoms with Crippen molar-refractivity contribution in [1.29, 1.82) is 0 Å². The lowest BCUT2D eigenvalue weighted by atomic mass is 9.49. The molecule has 0 amide bonds. The topological polar surface area (TPSA) is 17.1 Å². The molecule has 24 heavy (non-hydrogen) atoms. The van der Waals surface area contributed by atoms with Crippen LogP contribution in [0.4, 0.5) is 0 Å². The number of hydrogen-bond donors (Lipinski definition) is 0. The Hall–Kier alpha value is -1.11. The number of allylic oxidation sites excluding steroid dienone is 6. The van der Waals surface area contributed by atoms with Crippen molar-refractivity contribution in [1.82, 2.24) is 0 Å². The second-order valence-corrected chi connectivity index (χ2v) is 9.38. The summed E-state index contributed by atoms with van der Waals surface area (Å²) in [5, 5.41) is 0. The summed E-state index contributed by atoms with van der Waals surface area (Å²) in [5.41, 5.74) is 1.84. The van der Waals surface area contributed by atoms with E-state index in [9.17, 15) is 4.79 Å². The van der Waals surface area contributed by atoms with Gasteiger partial charge >= 0.3 is 0 Å². The average Bonchev–Trinajstić information content (AvgIpc) is 2.92. The summed E-state index contributed by atoms with van der Waals surface area (Å²) < 4.78 is 0. The quantitative estimate of drug-likeness (QED) is 0.633. The molecule has 2 saturated carbocycles. The first-order valence-electron chi connectivity index (χ1n) is 10.0. The van der Waals surface area contributed by atoms with Crippen molar-refractivity contribution in [3.8, 4) is 0 Å². The number of ketones is 1.